The molecule has 2 aromatic heterocycles. The summed E-state index contributed by atoms with van der Waals surface area (Å²) >= 11 is 5.86. The van der Waals surface area contributed by atoms with E-state index in [1.54, 1.807) is 34.8 Å². The molecular formula is C19H18ClN3O2S. The van der Waals surface area contributed by atoms with Gasteiger partial charge in [0.15, 0.2) is 0 Å². The Morgan fingerprint density at radius 2 is 1.77 bits per heavy atom. The maximum atomic E-state index is 12.8. The van der Waals surface area contributed by atoms with Crippen LogP contribution in [0.25, 0.3) is 10.9 Å². The van der Waals surface area contributed by atoms with Crippen molar-refractivity contribution in [2.24, 2.45) is 0 Å². The first kappa shape index (κ1) is 17.4. The van der Waals surface area contributed by atoms with Crippen molar-refractivity contribution in [2.45, 2.75) is 23.7 Å². The molecule has 3 aromatic rings. The minimum Gasteiger partial charge on any atom is -0.260 e. The minimum atomic E-state index is -3.48. The Bertz CT molecular complexity index is 1030. The van der Waals surface area contributed by atoms with Gasteiger partial charge in [-0.1, -0.05) is 11.6 Å². The summed E-state index contributed by atoms with van der Waals surface area (Å²) in [5.41, 5.74) is 1.91. The highest BCUT2D eigenvalue weighted by Crippen LogP contribution is 2.31. The van der Waals surface area contributed by atoms with Gasteiger partial charge in [-0.25, -0.2) is 8.42 Å². The summed E-state index contributed by atoms with van der Waals surface area (Å²) in [4.78, 5) is 9.23. The lowest BCUT2D eigenvalue weighted by atomic mass is 9.94. The predicted octanol–water partition coefficient (Wildman–Crippen LogP) is 3.85. The molecule has 1 aromatic carbocycles. The number of fused-ring (bicyclic) bond motifs is 1. The van der Waals surface area contributed by atoms with E-state index in [9.17, 15) is 8.42 Å². The van der Waals surface area contributed by atoms with Crippen LogP contribution in [-0.4, -0.2) is 35.8 Å². The van der Waals surface area contributed by atoms with Crippen LogP contribution in [0.5, 0.6) is 0 Å². The van der Waals surface area contributed by atoms with E-state index in [1.165, 1.54) is 0 Å². The molecule has 0 spiro atoms. The average molecular weight is 388 g/mol. The van der Waals surface area contributed by atoms with Gasteiger partial charge >= 0.3 is 0 Å². The molecule has 0 N–H and O–H groups in total. The number of sulfonamides is 1. The van der Waals surface area contributed by atoms with Crippen LogP contribution in [0.4, 0.5) is 0 Å². The van der Waals surface area contributed by atoms with E-state index in [-0.39, 0.29) is 10.8 Å². The fraction of sp³-hybridized carbons (Fsp3) is 0.263. The molecule has 3 heterocycles. The monoisotopic (exact) mass is 387 g/mol. The normalized spacial score (nSPS) is 16.8. The highest BCUT2D eigenvalue weighted by atomic mass is 35.5. The molecule has 0 aliphatic carbocycles. The molecule has 1 aliphatic heterocycles. The smallest absolute Gasteiger partial charge is 0.243 e. The average Bonchev–Trinajstić information content (AvgIpc) is 2.68. The topological polar surface area (TPSA) is 63.2 Å². The zero-order valence-electron chi connectivity index (χ0n) is 14.0. The molecule has 5 nitrogen and oxygen atoms in total. The zero-order valence-corrected chi connectivity index (χ0v) is 15.6. The van der Waals surface area contributed by atoms with Crippen molar-refractivity contribution < 1.29 is 8.42 Å². The van der Waals surface area contributed by atoms with E-state index >= 15 is 0 Å². The van der Waals surface area contributed by atoms with Crippen molar-refractivity contribution in [1.29, 1.82) is 0 Å². The van der Waals surface area contributed by atoms with Gasteiger partial charge in [0, 0.05) is 47.5 Å². The van der Waals surface area contributed by atoms with Gasteiger partial charge in [0.25, 0.3) is 0 Å². The second kappa shape index (κ2) is 6.95. The SMILES string of the molecule is O=S(=O)(c1ccc(Cl)cc1)N1CCC(c2cc3ncccc3cn2)CC1. The van der Waals surface area contributed by atoms with Gasteiger partial charge in [-0.2, -0.15) is 4.31 Å². The molecule has 7 heteroatoms. The first-order valence-corrected chi connectivity index (χ1v) is 10.3. The second-order valence-electron chi connectivity index (χ2n) is 6.44. The Balaban J connectivity index is 1.50. The van der Waals surface area contributed by atoms with Gasteiger partial charge in [-0.05, 0) is 55.3 Å². The Labute approximate surface area is 157 Å². The fourth-order valence-corrected chi connectivity index (χ4v) is 4.95. The van der Waals surface area contributed by atoms with E-state index in [2.05, 4.69) is 9.97 Å². The molecule has 1 saturated heterocycles. The van der Waals surface area contributed by atoms with Gasteiger partial charge in [0.1, 0.15) is 0 Å². The summed E-state index contributed by atoms with van der Waals surface area (Å²) in [6.07, 6.45) is 5.11. The van der Waals surface area contributed by atoms with E-state index < -0.39 is 10.0 Å². The molecule has 0 saturated carbocycles. The molecule has 1 fully saturated rings. The van der Waals surface area contributed by atoms with Crippen molar-refractivity contribution in [2.75, 3.05) is 13.1 Å². The van der Waals surface area contributed by atoms with Crippen molar-refractivity contribution >= 4 is 32.5 Å². The summed E-state index contributed by atoms with van der Waals surface area (Å²) in [6.45, 7) is 0.967. The minimum absolute atomic E-state index is 0.248. The lowest BCUT2D eigenvalue weighted by Gasteiger charge is -2.31. The molecule has 1 aliphatic rings. The van der Waals surface area contributed by atoms with E-state index in [0.29, 0.717) is 18.1 Å². The fourth-order valence-electron chi connectivity index (χ4n) is 3.35. The highest BCUT2D eigenvalue weighted by Gasteiger charge is 2.30. The molecule has 0 radical (unpaired) electrons. The standard InChI is InChI=1S/C19H18ClN3O2S/c20-16-3-5-17(6-4-16)26(24,25)23-10-7-14(8-11-23)18-12-19-15(13-22-18)2-1-9-21-19/h1-6,9,12-14H,7-8,10-11H2. The molecule has 0 atom stereocenters. The van der Waals surface area contributed by atoms with Crippen LogP contribution in [0.1, 0.15) is 24.5 Å². The van der Waals surface area contributed by atoms with Crippen molar-refractivity contribution in [3.8, 4) is 0 Å². The molecule has 0 bridgehead atoms. The van der Waals surface area contributed by atoms with Gasteiger partial charge in [-0.3, -0.25) is 9.97 Å². The maximum absolute atomic E-state index is 12.8. The summed E-state index contributed by atoms with van der Waals surface area (Å²) in [5.74, 6) is 0.248. The summed E-state index contributed by atoms with van der Waals surface area (Å²) < 4.78 is 27.1. The Kier molecular flexibility index (Phi) is 4.65. The van der Waals surface area contributed by atoms with Crippen LogP contribution in [-0.2, 0) is 10.0 Å². The maximum Gasteiger partial charge on any atom is 0.243 e. The Morgan fingerprint density at radius 1 is 1.04 bits per heavy atom. The van der Waals surface area contributed by atoms with Crippen LogP contribution in [0, 0.1) is 0 Å². The zero-order chi connectivity index (χ0) is 18.1. The first-order valence-electron chi connectivity index (χ1n) is 8.50. The van der Waals surface area contributed by atoms with Crippen LogP contribution in [0.15, 0.2) is 59.8 Å². The number of piperidine rings is 1. The number of halogens is 1. The molecule has 134 valence electrons. The quantitative estimate of drug-likeness (QED) is 0.684. The molecule has 0 unspecified atom stereocenters. The van der Waals surface area contributed by atoms with Crippen LogP contribution in [0.2, 0.25) is 5.02 Å². The second-order valence-corrected chi connectivity index (χ2v) is 8.81. The number of rotatable bonds is 3. The lowest BCUT2D eigenvalue weighted by molar-refractivity contribution is 0.317. The van der Waals surface area contributed by atoms with Crippen molar-refractivity contribution in [1.82, 2.24) is 14.3 Å². The van der Waals surface area contributed by atoms with Crippen molar-refractivity contribution in [3.63, 3.8) is 0 Å². The summed E-state index contributed by atoms with van der Waals surface area (Å²) in [6, 6.07) is 12.2. The van der Waals surface area contributed by atoms with Crippen molar-refractivity contribution in [3.05, 3.63) is 65.6 Å². The third-order valence-electron chi connectivity index (χ3n) is 4.83. The molecular weight excluding hydrogens is 370 g/mol. The molecule has 26 heavy (non-hydrogen) atoms. The number of pyridine rings is 2. The number of hydrogen-bond acceptors (Lipinski definition) is 4. The third-order valence-corrected chi connectivity index (χ3v) is 7.00. The lowest BCUT2D eigenvalue weighted by Crippen LogP contribution is -2.38. The van der Waals surface area contributed by atoms with Gasteiger partial charge in [-0.15, -0.1) is 0 Å². The van der Waals surface area contributed by atoms with Gasteiger partial charge in [0.05, 0.1) is 10.4 Å². The van der Waals surface area contributed by atoms with Gasteiger partial charge < -0.3 is 0 Å². The number of nitrogens with zero attached hydrogens (tertiary/aromatic N) is 3. The predicted molar refractivity (Wildman–Crippen MR) is 102 cm³/mol. The van der Waals surface area contributed by atoms with E-state index in [0.717, 1.165) is 29.4 Å². The van der Waals surface area contributed by atoms with E-state index in [1.807, 2.05) is 24.4 Å². The molecule has 4 rings (SSSR count). The third kappa shape index (κ3) is 3.32. The van der Waals surface area contributed by atoms with Gasteiger partial charge in [0.2, 0.25) is 10.0 Å². The summed E-state index contributed by atoms with van der Waals surface area (Å²) in [7, 11) is -3.48. The Morgan fingerprint density at radius 3 is 2.50 bits per heavy atom. The number of hydrogen-bond donors (Lipinski definition) is 0. The summed E-state index contributed by atoms with van der Waals surface area (Å²) in [5, 5.41) is 1.54. The van der Waals surface area contributed by atoms with Crippen LogP contribution in [0.3, 0.4) is 0 Å². The molecule has 0 amide bonds. The highest BCUT2D eigenvalue weighted by molar-refractivity contribution is 7.89. The largest absolute Gasteiger partial charge is 0.260 e. The van der Waals surface area contributed by atoms with Crippen LogP contribution < -0.4 is 0 Å². The Hall–Kier alpha value is -2.02. The number of benzene rings is 1. The number of aromatic nitrogens is 2. The van der Waals surface area contributed by atoms with Crippen LogP contribution >= 0.6 is 11.6 Å². The first-order chi connectivity index (χ1) is 12.5. The van der Waals surface area contributed by atoms with E-state index in [4.69, 9.17) is 11.6 Å².